The van der Waals surface area contributed by atoms with Gasteiger partial charge in [0.2, 0.25) is 0 Å². The van der Waals surface area contributed by atoms with Crippen LogP contribution >= 0.6 is 22.6 Å². The molecule has 0 unspecified atom stereocenters. The van der Waals surface area contributed by atoms with Crippen molar-refractivity contribution in [3.63, 3.8) is 0 Å². The average molecular weight is 590 g/mol. The molecule has 0 aliphatic rings. The van der Waals surface area contributed by atoms with E-state index in [0.29, 0.717) is 12.2 Å². The van der Waals surface area contributed by atoms with Crippen LogP contribution in [0, 0.1) is 3.57 Å². The summed E-state index contributed by atoms with van der Waals surface area (Å²) >= 11 is 2.28. The summed E-state index contributed by atoms with van der Waals surface area (Å²) < 4.78 is 6.67. The van der Waals surface area contributed by atoms with Gasteiger partial charge in [-0.2, -0.15) is 0 Å². The van der Waals surface area contributed by atoms with Gasteiger partial charge in [-0.05, 0) is 83.1 Å². The second-order valence-corrected chi connectivity index (χ2v) is 10.7. The van der Waals surface area contributed by atoms with Crippen molar-refractivity contribution >= 4 is 40.5 Å². The van der Waals surface area contributed by atoms with Gasteiger partial charge in [-0.25, -0.2) is 0 Å². The van der Waals surface area contributed by atoms with E-state index in [1.807, 2.05) is 54.7 Å². The molecule has 2 rings (SSSR count). The minimum absolute atomic E-state index is 0.139. The first-order valence-corrected chi connectivity index (χ1v) is 14.9. The Morgan fingerprint density at radius 2 is 1.20 bits per heavy atom. The lowest BCUT2D eigenvalue weighted by molar-refractivity contribution is -0.134. The zero-order chi connectivity index (χ0) is 25.0. The molecule has 0 atom stereocenters. The summed E-state index contributed by atoms with van der Waals surface area (Å²) in [4.78, 5) is 16.6. The smallest absolute Gasteiger partial charge is 0.311 e. The maximum absolute atomic E-state index is 12.1. The molecular weight excluding hydrogens is 545 g/mol. The predicted molar refractivity (Wildman–Crippen MR) is 158 cm³/mol. The molecule has 35 heavy (non-hydrogen) atoms. The highest BCUT2D eigenvalue weighted by Crippen LogP contribution is 2.17. The van der Waals surface area contributed by atoms with Crippen LogP contribution in [0.15, 0.2) is 53.5 Å². The molecule has 192 valence electrons. The van der Waals surface area contributed by atoms with Gasteiger partial charge in [0.25, 0.3) is 0 Å². The molecule has 0 aliphatic heterocycles. The van der Waals surface area contributed by atoms with Gasteiger partial charge in [0.1, 0.15) is 5.75 Å². The van der Waals surface area contributed by atoms with Crippen molar-refractivity contribution in [1.29, 1.82) is 0 Å². The molecular formula is C31H44INO2. The summed E-state index contributed by atoms with van der Waals surface area (Å²) in [5, 5.41) is 0. The lowest BCUT2D eigenvalue weighted by Crippen LogP contribution is -2.07. The molecule has 2 aromatic carbocycles. The van der Waals surface area contributed by atoms with Gasteiger partial charge in [-0.15, -0.1) is 0 Å². The summed E-state index contributed by atoms with van der Waals surface area (Å²) in [6, 6.07) is 15.6. The quantitative estimate of drug-likeness (QED) is 0.0538. The van der Waals surface area contributed by atoms with Crippen molar-refractivity contribution in [2.45, 2.75) is 110 Å². The number of hydrogen-bond acceptors (Lipinski definition) is 3. The van der Waals surface area contributed by atoms with E-state index in [0.717, 1.165) is 24.1 Å². The van der Waals surface area contributed by atoms with Gasteiger partial charge in [-0.3, -0.25) is 9.79 Å². The fourth-order valence-corrected chi connectivity index (χ4v) is 4.48. The normalized spacial score (nSPS) is 11.3. The fourth-order valence-electron chi connectivity index (χ4n) is 4.12. The molecule has 0 bridgehead atoms. The van der Waals surface area contributed by atoms with Gasteiger partial charge >= 0.3 is 5.97 Å². The van der Waals surface area contributed by atoms with E-state index in [1.54, 1.807) is 0 Å². The molecule has 0 spiro atoms. The van der Waals surface area contributed by atoms with Gasteiger partial charge < -0.3 is 4.74 Å². The number of unbranched alkanes of at least 4 members (excludes halogenated alkanes) is 14. The van der Waals surface area contributed by atoms with Crippen LogP contribution in [0.4, 0.5) is 5.69 Å². The van der Waals surface area contributed by atoms with Crippen LogP contribution in [0.1, 0.15) is 115 Å². The Labute approximate surface area is 227 Å². The molecule has 0 aromatic heterocycles. The van der Waals surface area contributed by atoms with E-state index in [9.17, 15) is 4.79 Å². The van der Waals surface area contributed by atoms with Gasteiger partial charge in [0, 0.05) is 16.2 Å². The van der Waals surface area contributed by atoms with Crippen molar-refractivity contribution in [2.75, 3.05) is 0 Å². The minimum Gasteiger partial charge on any atom is -0.427 e. The fraction of sp³-hybridized carbons (Fsp3) is 0.548. The van der Waals surface area contributed by atoms with Crippen LogP contribution < -0.4 is 4.74 Å². The topological polar surface area (TPSA) is 38.7 Å². The zero-order valence-corrected chi connectivity index (χ0v) is 23.8. The van der Waals surface area contributed by atoms with Crippen LogP contribution in [0.3, 0.4) is 0 Å². The van der Waals surface area contributed by atoms with Gasteiger partial charge in [0.05, 0.1) is 5.69 Å². The second kappa shape index (κ2) is 19.5. The number of rotatable bonds is 19. The largest absolute Gasteiger partial charge is 0.427 e. The Bertz CT molecular complexity index is 830. The molecule has 0 amide bonds. The van der Waals surface area contributed by atoms with E-state index < -0.39 is 0 Å². The second-order valence-electron chi connectivity index (χ2n) is 9.48. The number of nitrogens with zero attached hydrogens (tertiary/aromatic N) is 1. The van der Waals surface area contributed by atoms with E-state index in [1.165, 1.54) is 87.0 Å². The third-order valence-corrected chi connectivity index (χ3v) is 7.00. The van der Waals surface area contributed by atoms with Crippen molar-refractivity contribution in [3.05, 3.63) is 57.7 Å². The summed E-state index contributed by atoms with van der Waals surface area (Å²) in [5.41, 5.74) is 1.90. The van der Waals surface area contributed by atoms with E-state index in [-0.39, 0.29) is 5.97 Å². The number of hydrogen-bond donors (Lipinski definition) is 0. The van der Waals surface area contributed by atoms with Gasteiger partial charge in [0.15, 0.2) is 0 Å². The maximum Gasteiger partial charge on any atom is 0.311 e. The zero-order valence-electron chi connectivity index (χ0n) is 21.7. The molecule has 3 nitrogen and oxygen atoms in total. The SMILES string of the molecule is CCCCCCCCCCCCCCCCCC(=O)Oc1ccc(C=Nc2ccc(I)cc2)cc1. The highest BCUT2D eigenvalue weighted by Gasteiger charge is 2.05. The molecule has 0 saturated carbocycles. The molecule has 0 aliphatic carbocycles. The number of carbonyl (C=O) groups is 1. The molecule has 0 saturated heterocycles. The number of benzene rings is 2. The van der Waals surface area contributed by atoms with E-state index in [2.05, 4.69) is 34.5 Å². The third kappa shape index (κ3) is 15.1. The van der Waals surface area contributed by atoms with Crippen LogP contribution in [-0.2, 0) is 4.79 Å². The number of carbonyl (C=O) groups excluding carboxylic acids is 1. The first-order chi connectivity index (χ1) is 17.2. The summed E-state index contributed by atoms with van der Waals surface area (Å²) in [5.74, 6) is 0.461. The highest BCUT2D eigenvalue weighted by molar-refractivity contribution is 14.1. The molecule has 2 aromatic rings. The Kier molecular flexibility index (Phi) is 16.5. The van der Waals surface area contributed by atoms with E-state index in [4.69, 9.17) is 4.74 Å². The molecule has 4 heteroatoms. The molecule has 0 N–H and O–H groups in total. The highest BCUT2D eigenvalue weighted by atomic mass is 127. The van der Waals surface area contributed by atoms with E-state index >= 15 is 0 Å². The molecule has 0 heterocycles. The van der Waals surface area contributed by atoms with Crippen LogP contribution in [0.2, 0.25) is 0 Å². The third-order valence-electron chi connectivity index (χ3n) is 6.29. The lowest BCUT2D eigenvalue weighted by Gasteiger charge is -2.05. The van der Waals surface area contributed by atoms with Crippen molar-refractivity contribution in [1.82, 2.24) is 0 Å². The van der Waals surface area contributed by atoms with Crippen molar-refractivity contribution in [2.24, 2.45) is 4.99 Å². The Hall–Kier alpha value is -1.69. The van der Waals surface area contributed by atoms with Crippen molar-refractivity contribution < 1.29 is 9.53 Å². The lowest BCUT2D eigenvalue weighted by atomic mass is 10.0. The number of esters is 1. The number of ether oxygens (including phenoxy) is 1. The minimum atomic E-state index is -0.139. The number of halogens is 1. The Morgan fingerprint density at radius 1 is 0.714 bits per heavy atom. The van der Waals surface area contributed by atoms with Crippen LogP contribution in [-0.4, -0.2) is 12.2 Å². The standard InChI is InChI=1S/C31H44INO2/c1-2-3-4-5-6-7-8-9-10-11-12-13-14-15-16-17-31(34)35-30-24-18-27(19-25-30)26-33-29-22-20-28(32)21-23-29/h18-26H,2-17H2,1H3. The van der Waals surface area contributed by atoms with Crippen LogP contribution in [0.5, 0.6) is 5.75 Å². The Balaban J connectivity index is 1.45. The van der Waals surface area contributed by atoms with Crippen LogP contribution in [0.25, 0.3) is 0 Å². The Morgan fingerprint density at radius 3 is 1.71 bits per heavy atom. The average Bonchev–Trinajstić information content (AvgIpc) is 2.87. The summed E-state index contributed by atoms with van der Waals surface area (Å²) in [6.45, 7) is 2.28. The maximum atomic E-state index is 12.1. The molecule has 0 radical (unpaired) electrons. The predicted octanol–water partition coefficient (Wildman–Crippen LogP) is 10.2. The summed E-state index contributed by atoms with van der Waals surface area (Å²) in [6.07, 6.45) is 22.2. The monoisotopic (exact) mass is 589 g/mol. The van der Waals surface area contributed by atoms with Gasteiger partial charge in [-0.1, -0.05) is 96.8 Å². The first-order valence-electron chi connectivity index (χ1n) is 13.8. The first kappa shape index (κ1) is 29.5. The summed E-state index contributed by atoms with van der Waals surface area (Å²) in [7, 11) is 0. The number of aliphatic imine (C=N–C) groups is 1. The van der Waals surface area contributed by atoms with Crippen molar-refractivity contribution in [3.8, 4) is 5.75 Å². The molecule has 0 fully saturated rings.